The molecule has 3 heterocycles. The number of piperazine rings is 1. The molecule has 1 aromatic heterocycles. The molecule has 0 radical (unpaired) electrons. The number of nitrogens with zero attached hydrogens (tertiary/aromatic N) is 4. The Bertz CT molecular complexity index is 492. The SMILES string of the molecule is CCc1nc(CN2CCN(C(=O)C3COCCN3)CC2)no1. The average molecular weight is 309 g/mol. The molecule has 8 nitrogen and oxygen atoms in total. The maximum Gasteiger partial charge on any atom is 0.242 e. The standard InChI is InChI=1S/C14H23N5O3/c1-2-13-16-12(17-22-13)9-18-4-6-19(7-5-18)14(20)11-10-21-8-3-15-11/h11,15H,2-10H2,1H3. The number of rotatable bonds is 4. The molecule has 0 spiro atoms. The van der Waals surface area contributed by atoms with Crippen molar-refractivity contribution >= 4 is 5.91 Å². The number of carbonyl (C=O) groups is 1. The van der Waals surface area contributed by atoms with Crippen LogP contribution in [-0.2, 0) is 22.5 Å². The van der Waals surface area contributed by atoms with Crippen LogP contribution in [0.1, 0.15) is 18.6 Å². The number of nitrogens with one attached hydrogen (secondary N) is 1. The first-order valence-electron chi connectivity index (χ1n) is 7.90. The van der Waals surface area contributed by atoms with Crippen molar-refractivity contribution in [3.05, 3.63) is 11.7 Å². The highest BCUT2D eigenvalue weighted by Crippen LogP contribution is 2.09. The Balaban J connectivity index is 1.46. The molecule has 2 aliphatic heterocycles. The van der Waals surface area contributed by atoms with Gasteiger partial charge in [0.15, 0.2) is 5.82 Å². The fraction of sp³-hybridized carbons (Fsp3) is 0.786. The molecular formula is C14H23N5O3. The molecule has 0 aromatic carbocycles. The molecule has 2 aliphatic rings. The van der Waals surface area contributed by atoms with Gasteiger partial charge >= 0.3 is 0 Å². The second-order valence-electron chi connectivity index (χ2n) is 5.64. The number of aromatic nitrogens is 2. The summed E-state index contributed by atoms with van der Waals surface area (Å²) in [5, 5.41) is 7.19. The Hall–Kier alpha value is -1.51. The second kappa shape index (κ2) is 7.17. The van der Waals surface area contributed by atoms with Crippen molar-refractivity contribution in [2.45, 2.75) is 25.9 Å². The molecule has 1 atom stereocenters. The maximum atomic E-state index is 12.4. The molecule has 22 heavy (non-hydrogen) atoms. The van der Waals surface area contributed by atoms with E-state index in [0.29, 0.717) is 25.6 Å². The van der Waals surface area contributed by atoms with E-state index >= 15 is 0 Å². The van der Waals surface area contributed by atoms with Crippen molar-refractivity contribution in [1.29, 1.82) is 0 Å². The molecule has 3 rings (SSSR count). The molecule has 122 valence electrons. The van der Waals surface area contributed by atoms with Gasteiger partial charge < -0.3 is 19.5 Å². The van der Waals surface area contributed by atoms with E-state index in [9.17, 15) is 4.79 Å². The molecule has 2 fully saturated rings. The van der Waals surface area contributed by atoms with E-state index in [1.54, 1.807) is 0 Å². The topological polar surface area (TPSA) is 83.7 Å². The summed E-state index contributed by atoms with van der Waals surface area (Å²) in [7, 11) is 0. The summed E-state index contributed by atoms with van der Waals surface area (Å²) in [5.74, 6) is 1.54. The highest BCUT2D eigenvalue weighted by atomic mass is 16.5. The molecule has 8 heteroatoms. The Kier molecular flexibility index (Phi) is 5.01. The fourth-order valence-electron chi connectivity index (χ4n) is 2.77. The molecule has 1 aromatic rings. The summed E-state index contributed by atoms with van der Waals surface area (Å²) in [4.78, 5) is 20.9. The summed E-state index contributed by atoms with van der Waals surface area (Å²) in [6.45, 7) is 7.69. The number of aryl methyl sites for hydroxylation is 1. The van der Waals surface area contributed by atoms with Crippen LogP contribution in [0.5, 0.6) is 0 Å². The van der Waals surface area contributed by atoms with Crippen LogP contribution in [0.25, 0.3) is 0 Å². The molecule has 0 saturated carbocycles. The van der Waals surface area contributed by atoms with Gasteiger partial charge in [-0.25, -0.2) is 0 Å². The van der Waals surface area contributed by atoms with E-state index in [1.165, 1.54) is 0 Å². The van der Waals surface area contributed by atoms with Crippen molar-refractivity contribution in [2.24, 2.45) is 0 Å². The van der Waals surface area contributed by atoms with Gasteiger partial charge in [-0.3, -0.25) is 9.69 Å². The van der Waals surface area contributed by atoms with Gasteiger partial charge in [0.05, 0.1) is 19.8 Å². The number of morpholine rings is 1. The minimum absolute atomic E-state index is 0.146. The summed E-state index contributed by atoms with van der Waals surface area (Å²) in [6, 6.07) is -0.190. The molecule has 0 aliphatic carbocycles. The third-order valence-corrected chi connectivity index (χ3v) is 4.08. The summed E-state index contributed by atoms with van der Waals surface area (Å²) in [5.41, 5.74) is 0. The van der Waals surface area contributed by atoms with Gasteiger partial charge in [-0.15, -0.1) is 0 Å². The minimum atomic E-state index is -0.190. The monoisotopic (exact) mass is 309 g/mol. The van der Waals surface area contributed by atoms with Gasteiger partial charge in [0, 0.05) is 39.1 Å². The van der Waals surface area contributed by atoms with Gasteiger partial charge in [0.1, 0.15) is 6.04 Å². The molecule has 1 unspecified atom stereocenters. The maximum absolute atomic E-state index is 12.4. The lowest BCUT2D eigenvalue weighted by Crippen LogP contribution is -2.57. The Labute approximate surface area is 129 Å². The van der Waals surface area contributed by atoms with Crippen molar-refractivity contribution in [3.8, 4) is 0 Å². The zero-order valence-electron chi connectivity index (χ0n) is 13.0. The third-order valence-electron chi connectivity index (χ3n) is 4.08. The molecule has 1 N–H and O–H groups in total. The molecular weight excluding hydrogens is 286 g/mol. The summed E-state index contributed by atoms with van der Waals surface area (Å²) < 4.78 is 10.5. The minimum Gasteiger partial charge on any atom is -0.378 e. The van der Waals surface area contributed by atoms with Gasteiger partial charge in [0.2, 0.25) is 11.8 Å². The van der Waals surface area contributed by atoms with E-state index in [1.807, 2.05) is 11.8 Å². The van der Waals surface area contributed by atoms with Crippen molar-refractivity contribution in [3.63, 3.8) is 0 Å². The van der Waals surface area contributed by atoms with Crippen LogP contribution in [0, 0.1) is 0 Å². The third kappa shape index (κ3) is 3.63. The van der Waals surface area contributed by atoms with Gasteiger partial charge in [0.25, 0.3) is 0 Å². The molecule has 1 amide bonds. The average Bonchev–Trinajstić information content (AvgIpc) is 3.03. The number of ether oxygens (including phenoxy) is 1. The van der Waals surface area contributed by atoms with Crippen LogP contribution < -0.4 is 5.32 Å². The quantitative estimate of drug-likeness (QED) is 0.784. The largest absolute Gasteiger partial charge is 0.378 e. The first-order chi connectivity index (χ1) is 10.8. The second-order valence-corrected chi connectivity index (χ2v) is 5.64. The number of amides is 1. The number of hydrogen-bond acceptors (Lipinski definition) is 7. The normalized spacial score (nSPS) is 23.7. The Morgan fingerprint density at radius 2 is 2.18 bits per heavy atom. The summed E-state index contributed by atoms with van der Waals surface area (Å²) in [6.07, 6.45) is 0.756. The van der Waals surface area contributed by atoms with Crippen LogP contribution in [-0.4, -0.2) is 77.8 Å². The van der Waals surface area contributed by atoms with Crippen molar-refractivity contribution in [1.82, 2.24) is 25.3 Å². The van der Waals surface area contributed by atoms with E-state index in [4.69, 9.17) is 9.26 Å². The number of hydrogen-bond donors (Lipinski definition) is 1. The Morgan fingerprint density at radius 1 is 1.36 bits per heavy atom. The van der Waals surface area contributed by atoms with Crippen LogP contribution in [0.15, 0.2) is 4.52 Å². The van der Waals surface area contributed by atoms with Crippen LogP contribution in [0.4, 0.5) is 0 Å². The van der Waals surface area contributed by atoms with Crippen molar-refractivity contribution in [2.75, 3.05) is 45.9 Å². The lowest BCUT2D eigenvalue weighted by molar-refractivity contribution is -0.138. The highest BCUT2D eigenvalue weighted by molar-refractivity contribution is 5.82. The fourth-order valence-corrected chi connectivity index (χ4v) is 2.77. The van der Waals surface area contributed by atoms with Crippen LogP contribution in [0.3, 0.4) is 0 Å². The predicted molar refractivity (Wildman–Crippen MR) is 78.1 cm³/mol. The lowest BCUT2D eigenvalue weighted by atomic mass is 10.2. The first kappa shape index (κ1) is 15.4. The smallest absolute Gasteiger partial charge is 0.242 e. The van der Waals surface area contributed by atoms with Crippen molar-refractivity contribution < 1.29 is 14.1 Å². The van der Waals surface area contributed by atoms with Gasteiger partial charge in [-0.05, 0) is 0 Å². The van der Waals surface area contributed by atoms with E-state index in [-0.39, 0.29) is 11.9 Å². The van der Waals surface area contributed by atoms with E-state index < -0.39 is 0 Å². The predicted octanol–water partition coefficient (Wildman–Crippen LogP) is -0.735. The molecule has 2 saturated heterocycles. The van der Waals surface area contributed by atoms with Gasteiger partial charge in [-0.1, -0.05) is 12.1 Å². The van der Waals surface area contributed by atoms with Gasteiger partial charge in [-0.2, -0.15) is 4.98 Å². The zero-order valence-corrected chi connectivity index (χ0v) is 13.0. The number of carbonyl (C=O) groups excluding carboxylic acids is 1. The van der Waals surface area contributed by atoms with E-state index in [0.717, 1.165) is 45.0 Å². The first-order valence-corrected chi connectivity index (χ1v) is 7.90. The summed E-state index contributed by atoms with van der Waals surface area (Å²) >= 11 is 0. The van der Waals surface area contributed by atoms with Crippen LogP contribution in [0.2, 0.25) is 0 Å². The highest BCUT2D eigenvalue weighted by Gasteiger charge is 2.29. The Morgan fingerprint density at radius 3 is 2.82 bits per heavy atom. The lowest BCUT2D eigenvalue weighted by Gasteiger charge is -2.36. The van der Waals surface area contributed by atoms with E-state index in [2.05, 4.69) is 20.4 Å². The zero-order chi connectivity index (χ0) is 15.4. The van der Waals surface area contributed by atoms with Crippen LogP contribution >= 0.6 is 0 Å². The molecule has 0 bridgehead atoms.